The van der Waals surface area contributed by atoms with Gasteiger partial charge in [0.05, 0.1) is 6.61 Å². The van der Waals surface area contributed by atoms with Crippen LogP contribution < -0.4 is 5.32 Å². The molecule has 1 N–H and O–H groups in total. The third-order valence-corrected chi connectivity index (χ3v) is 3.27. The van der Waals surface area contributed by atoms with Crippen LogP contribution >= 0.6 is 0 Å². The number of amides is 1. The highest BCUT2D eigenvalue weighted by Gasteiger charge is 2.23. The fourth-order valence-corrected chi connectivity index (χ4v) is 2.22. The van der Waals surface area contributed by atoms with Gasteiger partial charge in [-0.1, -0.05) is 19.3 Å². The van der Waals surface area contributed by atoms with E-state index >= 15 is 0 Å². The summed E-state index contributed by atoms with van der Waals surface area (Å²) in [6.45, 7) is 7.39. The molecule has 5 heteroatoms. The zero-order valence-electron chi connectivity index (χ0n) is 13.0. The van der Waals surface area contributed by atoms with Crippen molar-refractivity contribution in [1.82, 2.24) is 5.32 Å². The Morgan fingerprint density at radius 2 is 1.80 bits per heavy atom. The number of carbonyl (C=O) groups excluding carboxylic acids is 2. The lowest BCUT2D eigenvalue weighted by Gasteiger charge is -2.23. The topological polar surface area (TPSA) is 64.6 Å². The summed E-state index contributed by atoms with van der Waals surface area (Å²) in [6.07, 6.45) is 5.37. The standard InChI is InChI=1S/C15H27NO4/c1-11(16-14(18)20-15(2,3)4)13(17)19-10-12-8-6-5-7-9-12/h11-12H,5-10H2,1-4H3,(H,16,18)/t11-/m0/s1. The lowest BCUT2D eigenvalue weighted by atomic mass is 9.90. The molecule has 1 aliphatic carbocycles. The summed E-state index contributed by atoms with van der Waals surface area (Å²) in [5.41, 5.74) is -0.574. The van der Waals surface area contributed by atoms with E-state index in [0.29, 0.717) is 12.5 Å². The number of hydrogen-bond acceptors (Lipinski definition) is 4. The van der Waals surface area contributed by atoms with Gasteiger partial charge in [0, 0.05) is 0 Å². The Labute approximate surface area is 121 Å². The van der Waals surface area contributed by atoms with Gasteiger partial charge in [0.2, 0.25) is 0 Å². The molecule has 0 spiro atoms. The molecule has 0 bridgehead atoms. The van der Waals surface area contributed by atoms with E-state index in [1.165, 1.54) is 19.3 Å². The van der Waals surface area contributed by atoms with E-state index in [-0.39, 0.29) is 0 Å². The van der Waals surface area contributed by atoms with Crippen molar-refractivity contribution < 1.29 is 19.1 Å². The van der Waals surface area contributed by atoms with Gasteiger partial charge in [-0.25, -0.2) is 9.59 Å². The normalized spacial score (nSPS) is 18.2. The third kappa shape index (κ3) is 6.78. The Morgan fingerprint density at radius 1 is 1.20 bits per heavy atom. The fraction of sp³-hybridized carbons (Fsp3) is 0.867. The Bertz CT molecular complexity index is 329. The number of rotatable bonds is 4. The molecule has 0 aromatic heterocycles. The molecule has 0 radical (unpaired) electrons. The van der Waals surface area contributed by atoms with E-state index in [0.717, 1.165) is 12.8 Å². The minimum absolute atomic E-state index is 0.401. The van der Waals surface area contributed by atoms with Gasteiger partial charge in [0.15, 0.2) is 0 Å². The van der Waals surface area contributed by atoms with Crippen LogP contribution in [0.2, 0.25) is 0 Å². The quantitative estimate of drug-likeness (QED) is 0.806. The molecule has 0 aromatic rings. The van der Waals surface area contributed by atoms with Gasteiger partial charge >= 0.3 is 12.1 Å². The molecule has 0 unspecified atom stereocenters. The zero-order valence-corrected chi connectivity index (χ0v) is 13.0. The van der Waals surface area contributed by atoms with Crippen molar-refractivity contribution in [3.8, 4) is 0 Å². The maximum absolute atomic E-state index is 11.8. The Balaban J connectivity index is 2.26. The van der Waals surface area contributed by atoms with Crippen molar-refractivity contribution in [2.75, 3.05) is 6.61 Å². The second-order valence-corrected chi connectivity index (χ2v) is 6.50. The van der Waals surface area contributed by atoms with Crippen molar-refractivity contribution in [3.63, 3.8) is 0 Å². The zero-order chi connectivity index (χ0) is 15.2. The van der Waals surface area contributed by atoms with Crippen molar-refractivity contribution in [2.24, 2.45) is 5.92 Å². The Kier molecular flexibility index (Phi) is 6.30. The molecular weight excluding hydrogens is 258 g/mol. The highest BCUT2D eigenvalue weighted by Crippen LogP contribution is 2.23. The van der Waals surface area contributed by atoms with Gasteiger partial charge in [0.1, 0.15) is 11.6 Å². The number of nitrogens with one attached hydrogen (secondary N) is 1. The largest absolute Gasteiger partial charge is 0.464 e. The Hall–Kier alpha value is -1.26. The van der Waals surface area contributed by atoms with Crippen LogP contribution in [-0.2, 0) is 14.3 Å². The minimum atomic E-state index is -0.687. The van der Waals surface area contributed by atoms with Gasteiger partial charge in [0.25, 0.3) is 0 Å². The molecule has 1 rings (SSSR count). The Morgan fingerprint density at radius 3 is 2.35 bits per heavy atom. The summed E-state index contributed by atoms with van der Waals surface area (Å²) in [5.74, 6) is 0.0721. The summed E-state index contributed by atoms with van der Waals surface area (Å²) in [5, 5.41) is 2.49. The smallest absolute Gasteiger partial charge is 0.408 e. The fourth-order valence-electron chi connectivity index (χ4n) is 2.22. The number of esters is 1. The third-order valence-electron chi connectivity index (χ3n) is 3.27. The first-order chi connectivity index (χ1) is 9.28. The second kappa shape index (κ2) is 7.50. The summed E-state index contributed by atoms with van der Waals surface area (Å²) in [6, 6.07) is -0.687. The average Bonchev–Trinajstić information content (AvgIpc) is 2.34. The van der Waals surface area contributed by atoms with Gasteiger partial charge in [-0.3, -0.25) is 0 Å². The molecule has 0 saturated heterocycles. The molecule has 1 saturated carbocycles. The van der Waals surface area contributed by atoms with Crippen molar-refractivity contribution in [3.05, 3.63) is 0 Å². The molecular formula is C15H27NO4. The molecule has 1 atom stereocenters. The molecule has 0 heterocycles. The van der Waals surface area contributed by atoms with Crippen molar-refractivity contribution in [2.45, 2.75) is 71.4 Å². The van der Waals surface area contributed by atoms with Crippen molar-refractivity contribution >= 4 is 12.1 Å². The average molecular weight is 285 g/mol. The van der Waals surface area contributed by atoms with E-state index in [1.807, 2.05) is 0 Å². The maximum Gasteiger partial charge on any atom is 0.408 e. The molecule has 116 valence electrons. The minimum Gasteiger partial charge on any atom is -0.464 e. The first kappa shape index (κ1) is 16.8. The number of carbonyl (C=O) groups is 2. The van der Waals surface area contributed by atoms with Crippen LogP contribution in [0.5, 0.6) is 0 Å². The van der Waals surface area contributed by atoms with E-state index in [9.17, 15) is 9.59 Å². The molecule has 0 aliphatic heterocycles. The highest BCUT2D eigenvalue weighted by atomic mass is 16.6. The second-order valence-electron chi connectivity index (χ2n) is 6.50. The predicted octanol–water partition coefficient (Wildman–Crippen LogP) is 3.02. The van der Waals surface area contributed by atoms with Crippen LogP contribution in [0.15, 0.2) is 0 Å². The van der Waals surface area contributed by atoms with Crippen LogP contribution in [0.25, 0.3) is 0 Å². The van der Waals surface area contributed by atoms with Gasteiger partial charge < -0.3 is 14.8 Å². The SMILES string of the molecule is C[C@H](NC(=O)OC(C)(C)C)C(=O)OCC1CCCCC1. The van der Waals surface area contributed by atoms with Gasteiger partial charge in [-0.2, -0.15) is 0 Å². The molecule has 1 amide bonds. The van der Waals surface area contributed by atoms with Crippen LogP contribution in [0, 0.1) is 5.92 Å². The highest BCUT2D eigenvalue weighted by molar-refractivity contribution is 5.81. The van der Waals surface area contributed by atoms with Crippen LogP contribution in [0.3, 0.4) is 0 Å². The van der Waals surface area contributed by atoms with E-state index in [2.05, 4.69) is 5.32 Å². The first-order valence-electron chi connectivity index (χ1n) is 7.44. The summed E-state index contributed by atoms with van der Waals surface area (Å²) >= 11 is 0. The predicted molar refractivity (Wildman–Crippen MR) is 76.4 cm³/mol. The van der Waals surface area contributed by atoms with Crippen LogP contribution in [-0.4, -0.2) is 30.3 Å². The summed E-state index contributed by atoms with van der Waals surface area (Å²) in [4.78, 5) is 23.3. The number of hydrogen-bond donors (Lipinski definition) is 1. The van der Waals surface area contributed by atoms with Crippen LogP contribution in [0.4, 0.5) is 4.79 Å². The van der Waals surface area contributed by atoms with Gasteiger partial charge in [-0.15, -0.1) is 0 Å². The molecule has 1 fully saturated rings. The van der Waals surface area contributed by atoms with Crippen LogP contribution in [0.1, 0.15) is 59.8 Å². The molecule has 1 aliphatic rings. The number of ether oxygens (including phenoxy) is 2. The molecule has 0 aromatic carbocycles. The maximum atomic E-state index is 11.8. The lowest BCUT2D eigenvalue weighted by Crippen LogP contribution is -2.42. The molecule has 5 nitrogen and oxygen atoms in total. The number of alkyl carbamates (subject to hydrolysis) is 1. The van der Waals surface area contributed by atoms with Crippen molar-refractivity contribution in [1.29, 1.82) is 0 Å². The monoisotopic (exact) mass is 285 g/mol. The summed E-state index contributed by atoms with van der Waals surface area (Å²) < 4.78 is 10.4. The lowest BCUT2D eigenvalue weighted by molar-refractivity contribution is -0.147. The van der Waals surface area contributed by atoms with E-state index in [4.69, 9.17) is 9.47 Å². The molecule has 20 heavy (non-hydrogen) atoms. The summed E-state index contributed by atoms with van der Waals surface area (Å²) in [7, 11) is 0. The van der Waals surface area contributed by atoms with E-state index < -0.39 is 23.7 Å². The van der Waals surface area contributed by atoms with Gasteiger partial charge in [-0.05, 0) is 46.5 Å². The first-order valence-corrected chi connectivity index (χ1v) is 7.44. The van der Waals surface area contributed by atoms with E-state index in [1.54, 1.807) is 27.7 Å².